The minimum Gasteiger partial charge on any atom is -0.339 e. The molecule has 3 aliphatic rings. The summed E-state index contributed by atoms with van der Waals surface area (Å²) in [6.45, 7) is 7.90. The number of hydrogen-bond donors (Lipinski definition) is 0. The predicted molar refractivity (Wildman–Crippen MR) is 115 cm³/mol. The van der Waals surface area contributed by atoms with Crippen LogP contribution in [-0.4, -0.2) is 46.7 Å². The van der Waals surface area contributed by atoms with Crippen molar-refractivity contribution in [1.29, 1.82) is 0 Å². The number of carbonyl (C=O) groups is 3. The number of rotatable bonds is 4. The summed E-state index contributed by atoms with van der Waals surface area (Å²) in [5, 5.41) is 1.65. The van der Waals surface area contributed by atoms with Crippen LogP contribution >= 0.6 is 0 Å². The molecular weight excluding hydrogens is 376 g/mol. The smallest absolute Gasteiger partial charge is 0.261 e. The first-order chi connectivity index (χ1) is 14.2. The molecule has 1 saturated carbocycles. The highest BCUT2D eigenvalue weighted by atomic mass is 16.2. The van der Waals surface area contributed by atoms with Crippen LogP contribution in [0.25, 0.3) is 10.8 Å². The minimum absolute atomic E-state index is 0.149. The second-order valence-corrected chi connectivity index (χ2v) is 10.3. The molecule has 2 atom stereocenters. The fourth-order valence-corrected chi connectivity index (χ4v) is 6.28. The van der Waals surface area contributed by atoms with Gasteiger partial charge in [0.05, 0.1) is 0 Å². The van der Waals surface area contributed by atoms with Crippen LogP contribution in [0, 0.1) is 10.8 Å². The Morgan fingerprint density at radius 1 is 1.03 bits per heavy atom. The van der Waals surface area contributed by atoms with Gasteiger partial charge in [-0.15, -0.1) is 0 Å². The van der Waals surface area contributed by atoms with Crippen molar-refractivity contribution < 1.29 is 14.4 Å². The standard InChI is InChI=1S/C25H28N2O3/c1-24(2)14-25(3)13-19(24)27(15-25)20(28)11-6-12-26-22(29)17-9-4-7-16-8-5-10-18(21(16)17)23(26)30/h4-5,7-10,19H,6,11-15H2,1-3H3/t19-,25+/m0/s1. The first-order valence-electron chi connectivity index (χ1n) is 10.9. The summed E-state index contributed by atoms with van der Waals surface area (Å²) in [6.07, 6.45) is 3.10. The number of hydrogen-bond acceptors (Lipinski definition) is 3. The Kier molecular flexibility index (Phi) is 4.12. The summed E-state index contributed by atoms with van der Waals surface area (Å²) in [5.74, 6) is -0.368. The van der Waals surface area contributed by atoms with Gasteiger partial charge in [-0.3, -0.25) is 19.3 Å². The Labute approximate surface area is 177 Å². The van der Waals surface area contributed by atoms with Crippen LogP contribution in [0.5, 0.6) is 0 Å². The number of nitrogens with zero attached hydrogens (tertiary/aromatic N) is 2. The van der Waals surface area contributed by atoms with Gasteiger partial charge in [0.1, 0.15) is 0 Å². The molecule has 2 aromatic rings. The number of amides is 3. The van der Waals surface area contributed by atoms with E-state index in [1.807, 2.05) is 24.3 Å². The van der Waals surface area contributed by atoms with Gasteiger partial charge in [0.25, 0.3) is 11.8 Å². The van der Waals surface area contributed by atoms with E-state index in [4.69, 9.17) is 0 Å². The van der Waals surface area contributed by atoms with Crippen LogP contribution in [0.4, 0.5) is 0 Å². The highest BCUT2D eigenvalue weighted by Gasteiger charge is 2.57. The lowest BCUT2D eigenvalue weighted by molar-refractivity contribution is -0.136. The third-order valence-corrected chi connectivity index (χ3v) is 7.35. The summed E-state index contributed by atoms with van der Waals surface area (Å²) in [5.41, 5.74) is 1.52. The maximum absolute atomic E-state index is 13.0. The van der Waals surface area contributed by atoms with E-state index in [0.717, 1.165) is 30.2 Å². The average Bonchev–Trinajstić information content (AvgIpc) is 3.17. The van der Waals surface area contributed by atoms with Crippen molar-refractivity contribution >= 4 is 28.5 Å². The summed E-state index contributed by atoms with van der Waals surface area (Å²) in [7, 11) is 0. The molecule has 0 unspecified atom stereocenters. The van der Waals surface area contributed by atoms with Gasteiger partial charge in [-0.25, -0.2) is 0 Å². The van der Waals surface area contributed by atoms with E-state index in [1.54, 1.807) is 12.1 Å². The van der Waals surface area contributed by atoms with E-state index in [0.29, 0.717) is 30.0 Å². The van der Waals surface area contributed by atoms with Gasteiger partial charge >= 0.3 is 0 Å². The van der Waals surface area contributed by atoms with Gasteiger partial charge in [0.2, 0.25) is 5.91 Å². The van der Waals surface area contributed by atoms with Gasteiger partial charge in [0, 0.05) is 42.1 Å². The Morgan fingerprint density at radius 3 is 2.23 bits per heavy atom. The summed E-state index contributed by atoms with van der Waals surface area (Å²) in [6, 6.07) is 11.4. The van der Waals surface area contributed by atoms with Gasteiger partial charge in [0.15, 0.2) is 0 Å². The van der Waals surface area contributed by atoms with E-state index < -0.39 is 0 Å². The Hall–Kier alpha value is -2.69. The normalized spacial score (nSPS) is 26.7. The van der Waals surface area contributed by atoms with Crippen LogP contribution in [0.3, 0.4) is 0 Å². The maximum atomic E-state index is 13.0. The summed E-state index contributed by atoms with van der Waals surface area (Å²) in [4.78, 5) is 42.3. The van der Waals surface area contributed by atoms with Crippen molar-refractivity contribution in [3.63, 3.8) is 0 Å². The first-order valence-corrected chi connectivity index (χ1v) is 10.9. The molecule has 5 heteroatoms. The van der Waals surface area contributed by atoms with Crippen LogP contribution in [0.1, 0.15) is 67.2 Å². The quantitative estimate of drug-likeness (QED) is 0.716. The largest absolute Gasteiger partial charge is 0.339 e. The molecular formula is C25H28N2O3. The third kappa shape index (κ3) is 2.78. The molecule has 0 radical (unpaired) electrons. The molecule has 30 heavy (non-hydrogen) atoms. The SMILES string of the molecule is CC1(C)C[C@@]2(C)C[C@@H]1N(C(=O)CCCN1C(=O)c3cccc4cccc(c34)C1=O)C2. The number of imide groups is 1. The molecule has 2 bridgehead atoms. The highest BCUT2D eigenvalue weighted by Crippen LogP contribution is 2.56. The van der Waals surface area contributed by atoms with E-state index in [1.165, 1.54) is 4.90 Å². The first kappa shape index (κ1) is 19.3. The molecule has 0 aromatic heterocycles. The number of piperidine rings is 1. The van der Waals surface area contributed by atoms with Crippen molar-refractivity contribution in [2.45, 2.75) is 52.5 Å². The van der Waals surface area contributed by atoms with Gasteiger partial charge in [-0.2, -0.15) is 0 Å². The molecule has 1 saturated heterocycles. The zero-order valence-electron chi connectivity index (χ0n) is 17.9. The second-order valence-electron chi connectivity index (χ2n) is 10.3. The summed E-state index contributed by atoms with van der Waals surface area (Å²) >= 11 is 0. The zero-order valence-corrected chi connectivity index (χ0v) is 17.9. The zero-order chi connectivity index (χ0) is 21.3. The van der Waals surface area contributed by atoms with E-state index in [9.17, 15) is 14.4 Å². The lowest BCUT2D eigenvalue weighted by Gasteiger charge is -2.41. The molecule has 0 N–H and O–H groups in total. The number of benzene rings is 2. The highest BCUT2D eigenvalue weighted by molar-refractivity contribution is 6.25. The van der Waals surface area contributed by atoms with Crippen LogP contribution in [0.2, 0.25) is 0 Å². The molecule has 2 aromatic carbocycles. The molecule has 5 nitrogen and oxygen atoms in total. The number of likely N-dealkylation sites (tertiary alicyclic amines) is 1. The fraction of sp³-hybridized carbons (Fsp3) is 0.480. The van der Waals surface area contributed by atoms with Crippen LogP contribution < -0.4 is 0 Å². The fourth-order valence-electron chi connectivity index (χ4n) is 6.28. The molecule has 2 heterocycles. The van der Waals surface area contributed by atoms with Gasteiger partial charge in [-0.1, -0.05) is 45.0 Å². The van der Waals surface area contributed by atoms with E-state index >= 15 is 0 Å². The van der Waals surface area contributed by atoms with Crippen molar-refractivity contribution in [3.8, 4) is 0 Å². The second kappa shape index (κ2) is 6.40. The average molecular weight is 405 g/mol. The van der Waals surface area contributed by atoms with Crippen molar-refractivity contribution in [2.24, 2.45) is 10.8 Å². The Balaban J connectivity index is 1.28. The van der Waals surface area contributed by atoms with E-state index in [2.05, 4.69) is 25.7 Å². The lowest BCUT2D eigenvalue weighted by Crippen LogP contribution is -2.47. The molecule has 0 spiro atoms. The predicted octanol–water partition coefficient (Wildman–Crippen LogP) is 4.25. The lowest BCUT2D eigenvalue weighted by atomic mass is 9.79. The van der Waals surface area contributed by atoms with Gasteiger partial charge < -0.3 is 4.90 Å². The maximum Gasteiger partial charge on any atom is 0.261 e. The van der Waals surface area contributed by atoms with Crippen LogP contribution in [-0.2, 0) is 4.79 Å². The van der Waals surface area contributed by atoms with Crippen LogP contribution in [0.15, 0.2) is 36.4 Å². The van der Waals surface area contributed by atoms with Gasteiger partial charge in [-0.05, 0) is 47.6 Å². The van der Waals surface area contributed by atoms with Crippen molar-refractivity contribution in [2.75, 3.05) is 13.1 Å². The Morgan fingerprint density at radius 2 is 1.67 bits per heavy atom. The molecule has 1 aliphatic carbocycles. The molecule has 2 fully saturated rings. The Bertz CT molecular complexity index is 1040. The van der Waals surface area contributed by atoms with Crippen molar-refractivity contribution in [3.05, 3.63) is 47.5 Å². The van der Waals surface area contributed by atoms with Crippen molar-refractivity contribution in [1.82, 2.24) is 9.80 Å². The number of fused-ring (bicyclic) bond motifs is 2. The third-order valence-electron chi connectivity index (χ3n) is 7.35. The topological polar surface area (TPSA) is 57.7 Å². The molecule has 2 aliphatic heterocycles. The molecule has 5 rings (SSSR count). The summed E-state index contributed by atoms with van der Waals surface area (Å²) < 4.78 is 0. The van der Waals surface area contributed by atoms with E-state index in [-0.39, 0.29) is 35.1 Å². The molecule has 156 valence electrons. The minimum atomic E-state index is -0.259. The molecule has 3 amide bonds. The number of carbonyl (C=O) groups excluding carboxylic acids is 3. The monoisotopic (exact) mass is 404 g/mol.